The van der Waals surface area contributed by atoms with E-state index in [4.69, 9.17) is 0 Å². The van der Waals surface area contributed by atoms with E-state index in [1.807, 2.05) is 6.92 Å². The van der Waals surface area contributed by atoms with E-state index in [0.717, 1.165) is 5.56 Å². The lowest BCUT2D eigenvalue weighted by molar-refractivity contribution is 0.106. The van der Waals surface area contributed by atoms with E-state index in [1.54, 1.807) is 24.3 Å². The Labute approximate surface area is 144 Å². The van der Waals surface area contributed by atoms with E-state index in [-0.39, 0.29) is 4.90 Å². The van der Waals surface area contributed by atoms with Crippen LogP contribution in [0.4, 0.5) is 0 Å². The van der Waals surface area contributed by atoms with E-state index in [9.17, 15) is 8.42 Å². The molecule has 1 aromatic rings. The number of sulfonamides is 1. The molecule has 2 N–H and O–H groups in total. The highest BCUT2D eigenvalue weighted by atomic mass is 32.2. The quantitative estimate of drug-likeness (QED) is 0.875. The van der Waals surface area contributed by atoms with Crippen molar-refractivity contribution in [2.45, 2.75) is 50.5 Å². The van der Waals surface area contributed by atoms with Crippen molar-refractivity contribution in [3.63, 3.8) is 0 Å². The molecule has 0 amide bonds. The van der Waals surface area contributed by atoms with Gasteiger partial charge in [-0.1, -0.05) is 37.5 Å². The number of aryl methyl sites for hydroxylation is 1. The molecule has 7 heteroatoms. The molecule has 0 saturated heterocycles. The Kier molecular flexibility index (Phi) is 5.10. The minimum atomic E-state index is -3.59. The molecule has 1 aliphatic heterocycles. The molecule has 1 fully saturated rings. The first-order chi connectivity index (χ1) is 11.5. The van der Waals surface area contributed by atoms with Gasteiger partial charge in [0.15, 0.2) is 0 Å². The number of hydrogen-bond acceptors (Lipinski definition) is 5. The van der Waals surface area contributed by atoms with Crippen LogP contribution in [0.15, 0.2) is 34.2 Å². The fourth-order valence-corrected chi connectivity index (χ4v) is 4.48. The van der Waals surface area contributed by atoms with Crippen molar-refractivity contribution in [2.24, 2.45) is 10.9 Å². The molecule has 0 aromatic heterocycles. The second-order valence-corrected chi connectivity index (χ2v) is 8.50. The maximum Gasteiger partial charge on any atom is 0.264 e. The summed E-state index contributed by atoms with van der Waals surface area (Å²) in [5.41, 5.74) is 1.03. The smallest absolute Gasteiger partial charge is 0.264 e. The summed E-state index contributed by atoms with van der Waals surface area (Å²) < 4.78 is 27.4. The summed E-state index contributed by atoms with van der Waals surface area (Å²) in [7, 11) is -3.59. The van der Waals surface area contributed by atoms with Gasteiger partial charge in [0.05, 0.1) is 18.2 Å². The molecule has 6 nitrogen and oxygen atoms in total. The van der Waals surface area contributed by atoms with Gasteiger partial charge in [0.25, 0.3) is 10.0 Å². The van der Waals surface area contributed by atoms with Crippen LogP contribution in [-0.4, -0.2) is 38.7 Å². The van der Waals surface area contributed by atoms with Crippen LogP contribution >= 0.6 is 0 Å². The highest BCUT2D eigenvalue weighted by Gasteiger charge is 2.29. The zero-order valence-corrected chi connectivity index (χ0v) is 15.1. The first-order valence-electron chi connectivity index (χ1n) is 8.57. The number of benzene rings is 1. The number of rotatable bonds is 3. The average Bonchev–Trinajstić information content (AvgIpc) is 2.56. The van der Waals surface area contributed by atoms with Crippen LogP contribution in [0.1, 0.15) is 38.2 Å². The van der Waals surface area contributed by atoms with Crippen LogP contribution in [0.3, 0.4) is 0 Å². The Bertz CT molecular complexity index is 700. The van der Waals surface area contributed by atoms with Crippen molar-refractivity contribution in [3.8, 4) is 0 Å². The van der Waals surface area contributed by atoms with Gasteiger partial charge in [-0.25, -0.2) is 18.1 Å². The molecule has 2 atom stereocenters. The van der Waals surface area contributed by atoms with E-state index in [1.165, 1.54) is 25.7 Å². The van der Waals surface area contributed by atoms with Crippen LogP contribution in [0.2, 0.25) is 0 Å². The predicted octanol–water partition coefficient (Wildman–Crippen LogP) is 2.03. The molecule has 2 aliphatic rings. The predicted molar refractivity (Wildman–Crippen MR) is 95.1 cm³/mol. The van der Waals surface area contributed by atoms with Gasteiger partial charge in [-0.3, -0.25) is 4.90 Å². The highest BCUT2D eigenvalue weighted by molar-refractivity contribution is 7.90. The van der Waals surface area contributed by atoms with Crippen LogP contribution in [0.5, 0.6) is 0 Å². The van der Waals surface area contributed by atoms with Crippen LogP contribution in [-0.2, 0) is 10.0 Å². The third-order valence-corrected chi connectivity index (χ3v) is 6.31. The summed E-state index contributed by atoms with van der Waals surface area (Å²) >= 11 is 0. The Hall–Kier alpha value is -1.60. The Morgan fingerprint density at radius 2 is 1.92 bits per heavy atom. The number of nitrogens with one attached hydrogen (secondary N) is 2. The molecule has 1 heterocycles. The standard InChI is InChI=1S/C17H26N4O2S/c1-13-7-9-15(10-8-13)24(22,23)20-17-18-11-21(12-19-17)16-6-4-3-5-14(16)2/h7-10,14,16H,3-6,11-12H2,1-2H3,(H2,18,19,20)/t14-,16-/m1/s1. The third kappa shape index (κ3) is 3.89. The summed E-state index contributed by atoms with van der Waals surface area (Å²) in [5, 5.41) is 3.11. The van der Waals surface area contributed by atoms with E-state index < -0.39 is 10.0 Å². The lowest BCUT2D eigenvalue weighted by atomic mass is 9.85. The Morgan fingerprint density at radius 3 is 2.54 bits per heavy atom. The van der Waals surface area contributed by atoms with Crippen molar-refractivity contribution < 1.29 is 8.42 Å². The van der Waals surface area contributed by atoms with Crippen LogP contribution in [0, 0.1) is 12.8 Å². The van der Waals surface area contributed by atoms with Crippen molar-refractivity contribution in [1.82, 2.24) is 14.9 Å². The lowest BCUT2D eigenvalue weighted by Crippen LogP contribution is -2.54. The van der Waals surface area contributed by atoms with Gasteiger partial charge >= 0.3 is 0 Å². The molecule has 24 heavy (non-hydrogen) atoms. The van der Waals surface area contributed by atoms with Gasteiger partial charge in [-0.2, -0.15) is 0 Å². The van der Waals surface area contributed by atoms with Gasteiger partial charge in [0, 0.05) is 6.04 Å². The number of guanidine groups is 1. The third-order valence-electron chi connectivity index (χ3n) is 4.96. The van der Waals surface area contributed by atoms with Crippen LogP contribution in [0.25, 0.3) is 0 Å². The summed E-state index contributed by atoms with van der Waals surface area (Å²) in [6, 6.07) is 7.33. The highest BCUT2D eigenvalue weighted by Crippen LogP contribution is 2.28. The van der Waals surface area contributed by atoms with Crippen molar-refractivity contribution in [2.75, 3.05) is 13.3 Å². The molecule has 1 aliphatic carbocycles. The number of aliphatic imine (C=N–C) groups is 1. The van der Waals surface area contributed by atoms with Gasteiger partial charge < -0.3 is 5.32 Å². The molecular weight excluding hydrogens is 324 g/mol. The van der Waals surface area contributed by atoms with Gasteiger partial charge in [-0.15, -0.1) is 0 Å². The summed E-state index contributed by atoms with van der Waals surface area (Å²) in [6.45, 7) is 5.39. The van der Waals surface area contributed by atoms with E-state index in [0.29, 0.717) is 31.3 Å². The zero-order valence-electron chi connectivity index (χ0n) is 14.3. The molecule has 0 spiro atoms. The summed E-state index contributed by atoms with van der Waals surface area (Å²) in [4.78, 5) is 6.94. The molecule has 1 saturated carbocycles. The molecule has 132 valence electrons. The van der Waals surface area contributed by atoms with Crippen LogP contribution < -0.4 is 10.0 Å². The Balaban J connectivity index is 1.63. The van der Waals surface area contributed by atoms with Crippen molar-refractivity contribution in [1.29, 1.82) is 0 Å². The molecular formula is C17H26N4O2S. The minimum absolute atomic E-state index is 0.251. The maximum atomic E-state index is 12.4. The van der Waals surface area contributed by atoms with Gasteiger partial charge in [0.2, 0.25) is 5.96 Å². The van der Waals surface area contributed by atoms with E-state index >= 15 is 0 Å². The Morgan fingerprint density at radius 1 is 1.21 bits per heavy atom. The van der Waals surface area contributed by atoms with Gasteiger partial charge in [0.1, 0.15) is 0 Å². The van der Waals surface area contributed by atoms with Gasteiger partial charge in [-0.05, 0) is 37.8 Å². The monoisotopic (exact) mass is 350 g/mol. The zero-order chi connectivity index (χ0) is 17.2. The maximum absolute atomic E-state index is 12.4. The molecule has 0 radical (unpaired) electrons. The second-order valence-electron chi connectivity index (χ2n) is 6.82. The SMILES string of the molecule is Cc1ccc(S(=O)(=O)NC2=NCN([C@@H]3CCCC[C@H]3C)CN2)cc1. The molecule has 0 unspecified atom stereocenters. The van der Waals surface area contributed by atoms with Crippen molar-refractivity contribution in [3.05, 3.63) is 29.8 Å². The lowest BCUT2D eigenvalue weighted by Gasteiger charge is -2.39. The molecule has 1 aromatic carbocycles. The average molecular weight is 350 g/mol. The fraction of sp³-hybridized carbons (Fsp3) is 0.588. The summed E-state index contributed by atoms with van der Waals surface area (Å²) in [6.07, 6.45) is 5.03. The first kappa shape index (κ1) is 17.2. The fourth-order valence-electron chi connectivity index (χ4n) is 3.48. The molecule has 0 bridgehead atoms. The van der Waals surface area contributed by atoms with E-state index in [2.05, 4.69) is 26.9 Å². The topological polar surface area (TPSA) is 73.8 Å². The second kappa shape index (κ2) is 7.11. The minimum Gasteiger partial charge on any atom is -0.343 e. The number of hydrogen-bond donors (Lipinski definition) is 2. The first-order valence-corrected chi connectivity index (χ1v) is 10.1. The summed E-state index contributed by atoms with van der Waals surface area (Å²) in [5.74, 6) is 0.997. The molecule has 3 rings (SSSR count). The van der Waals surface area contributed by atoms with Crippen molar-refractivity contribution >= 4 is 16.0 Å². The largest absolute Gasteiger partial charge is 0.343 e. The normalized spacial score (nSPS) is 25.7. The number of nitrogens with zero attached hydrogens (tertiary/aromatic N) is 2.